The first kappa shape index (κ1) is 31.4. The van der Waals surface area contributed by atoms with E-state index in [4.69, 9.17) is 0 Å². The van der Waals surface area contributed by atoms with Crippen molar-refractivity contribution < 1.29 is 23.9 Å². The molecule has 3 rings (SSSR count). The molecule has 1 aromatic heterocycles. The molecule has 2 heterocycles. The third-order valence-electron chi connectivity index (χ3n) is 6.50. The minimum absolute atomic E-state index is 0.0137. The number of carbonyl (C=O) groups is 3. The van der Waals surface area contributed by atoms with Crippen molar-refractivity contribution in [1.29, 1.82) is 0 Å². The SMILES string of the molecule is CC.Cc1cc(CNC(=O)c2nc3n(c(=O)c2O)CCN(C)CC(C)C3N(C)C(=O)C(=O)N(C)C)ccc1F. The Hall–Kier alpha value is -3.80. The van der Waals surface area contributed by atoms with Gasteiger partial charge in [0, 0.05) is 47.3 Å². The van der Waals surface area contributed by atoms with Crippen LogP contribution in [0.15, 0.2) is 23.0 Å². The second-order valence-corrected chi connectivity index (χ2v) is 9.69. The predicted octanol–water partition coefficient (Wildman–Crippen LogP) is 1.52. The van der Waals surface area contributed by atoms with Crippen molar-refractivity contribution in [1.82, 2.24) is 29.6 Å². The monoisotopic (exact) mass is 546 g/mol. The molecule has 2 aromatic rings. The Morgan fingerprint density at radius 3 is 2.38 bits per heavy atom. The number of amides is 3. The topological polar surface area (TPSA) is 128 Å². The average Bonchev–Trinajstić information content (AvgIpc) is 2.90. The maximum absolute atomic E-state index is 13.6. The van der Waals surface area contributed by atoms with Crippen molar-refractivity contribution in [2.75, 3.05) is 41.3 Å². The highest BCUT2D eigenvalue weighted by molar-refractivity contribution is 6.34. The van der Waals surface area contributed by atoms with E-state index < -0.39 is 40.8 Å². The number of hydrogen-bond acceptors (Lipinski definition) is 7. The first-order chi connectivity index (χ1) is 18.3. The summed E-state index contributed by atoms with van der Waals surface area (Å²) in [6.07, 6.45) is 0. The predicted molar refractivity (Wildman–Crippen MR) is 145 cm³/mol. The van der Waals surface area contributed by atoms with Crippen molar-refractivity contribution in [3.63, 3.8) is 0 Å². The molecule has 0 fully saturated rings. The molecule has 0 aliphatic carbocycles. The minimum Gasteiger partial charge on any atom is -0.501 e. The summed E-state index contributed by atoms with van der Waals surface area (Å²) in [5.74, 6) is -3.71. The molecule has 12 heteroatoms. The number of nitrogens with one attached hydrogen (secondary N) is 1. The minimum atomic E-state index is -0.834. The third-order valence-corrected chi connectivity index (χ3v) is 6.50. The Bertz CT molecular complexity index is 1280. The Kier molecular flexibility index (Phi) is 10.7. The van der Waals surface area contributed by atoms with Crippen molar-refractivity contribution in [2.45, 2.75) is 46.8 Å². The second-order valence-electron chi connectivity index (χ2n) is 9.69. The van der Waals surface area contributed by atoms with E-state index >= 15 is 0 Å². The molecule has 2 N–H and O–H groups in total. The van der Waals surface area contributed by atoms with Gasteiger partial charge in [-0.1, -0.05) is 32.9 Å². The maximum Gasteiger partial charge on any atom is 0.312 e. The second kappa shape index (κ2) is 13.3. The number of likely N-dealkylation sites (N-methyl/N-ethyl adjacent to an activating group) is 3. The van der Waals surface area contributed by atoms with Gasteiger partial charge >= 0.3 is 11.8 Å². The highest BCUT2D eigenvalue weighted by Gasteiger charge is 2.37. The molecule has 1 aliphatic heterocycles. The molecule has 0 bridgehead atoms. The van der Waals surface area contributed by atoms with Gasteiger partial charge in [0.1, 0.15) is 11.6 Å². The van der Waals surface area contributed by atoms with Gasteiger partial charge in [-0.25, -0.2) is 9.37 Å². The first-order valence-corrected chi connectivity index (χ1v) is 12.9. The number of hydrogen-bond donors (Lipinski definition) is 2. The molecule has 2 unspecified atom stereocenters. The van der Waals surface area contributed by atoms with Crippen molar-refractivity contribution in [2.24, 2.45) is 5.92 Å². The van der Waals surface area contributed by atoms with E-state index in [-0.39, 0.29) is 30.6 Å². The Labute approximate surface area is 228 Å². The van der Waals surface area contributed by atoms with Crippen LogP contribution in [0.4, 0.5) is 4.39 Å². The molecule has 11 nitrogen and oxygen atoms in total. The van der Waals surface area contributed by atoms with E-state index in [0.29, 0.717) is 24.2 Å². The molecule has 0 spiro atoms. The number of rotatable bonds is 4. The van der Waals surface area contributed by atoms with Crippen LogP contribution in [0.2, 0.25) is 0 Å². The Morgan fingerprint density at radius 2 is 1.79 bits per heavy atom. The van der Waals surface area contributed by atoms with Gasteiger partial charge in [0.2, 0.25) is 5.75 Å². The normalized spacial score (nSPS) is 17.1. The summed E-state index contributed by atoms with van der Waals surface area (Å²) < 4.78 is 14.8. The molecular weight excluding hydrogens is 507 g/mol. The lowest BCUT2D eigenvalue weighted by Gasteiger charge is -2.37. The largest absolute Gasteiger partial charge is 0.501 e. The lowest BCUT2D eigenvalue weighted by Crippen LogP contribution is -2.49. The van der Waals surface area contributed by atoms with Crippen LogP contribution in [0.1, 0.15) is 54.3 Å². The summed E-state index contributed by atoms with van der Waals surface area (Å²) in [4.78, 5) is 60.4. The summed E-state index contributed by atoms with van der Waals surface area (Å²) in [6, 6.07) is 3.55. The fraction of sp³-hybridized carbons (Fsp3) is 0.519. The number of benzene rings is 1. The van der Waals surface area contributed by atoms with Crippen molar-refractivity contribution >= 4 is 17.7 Å². The van der Waals surface area contributed by atoms with Gasteiger partial charge in [-0.3, -0.25) is 23.7 Å². The zero-order chi connectivity index (χ0) is 29.6. The molecule has 1 aliphatic rings. The lowest BCUT2D eigenvalue weighted by molar-refractivity contribution is -0.151. The third kappa shape index (κ3) is 6.99. The summed E-state index contributed by atoms with van der Waals surface area (Å²) in [6.45, 7) is 8.63. The van der Waals surface area contributed by atoms with Crippen LogP contribution in [0.5, 0.6) is 5.75 Å². The molecule has 0 radical (unpaired) electrons. The molecule has 1 aromatic carbocycles. The van der Waals surface area contributed by atoms with Crippen LogP contribution in [0.25, 0.3) is 0 Å². The van der Waals surface area contributed by atoms with E-state index in [1.807, 2.05) is 32.7 Å². The highest BCUT2D eigenvalue weighted by atomic mass is 19.1. The number of aryl methyl sites for hydroxylation is 1. The molecular formula is C27H39FN6O5. The van der Waals surface area contributed by atoms with Gasteiger partial charge in [-0.05, 0) is 37.1 Å². The zero-order valence-corrected chi connectivity index (χ0v) is 23.9. The van der Waals surface area contributed by atoms with Crippen LogP contribution in [-0.4, -0.2) is 88.4 Å². The van der Waals surface area contributed by atoms with Gasteiger partial charge in [0.15, 0.2) is 5.69 Å². The summed E-state index contributed by atoms with van der Waals surface area (Å²) in [5, 5.41) is 13.2. The van der Waals surface area contributed by atoms with Crippen LogP contribution in [0, 0.1) is 18.7 Å². The summed E-state index contributed by atoms with van der Waals surface area (Å²) in [7, 11) is 6.24. The van der Waals surface area contributed by atoms with E-state index in [1.54, 1.807) is 13.0 Å². The maximum atomic E-state index is 13.6. The molecule has 0 saturated heterocycles. The van der Waals surface area contributed by atoms with E-state index in [2.05, 4.69) is 10.3 Å². The van der Waals surface area contributed by atoms with E-state index in [9.17, 15) is 28.7 Å². The number of carbonyl (C=O) groups excluding carboxylic acids is 3. The zero-order valence-electron chi connectivity index (χ0n) is 23.9. The van der Waals surface area contributed by atoms with Crippen LogP contribution in [-0.2, 0) is 22.7 Å². The molecule has 214 valence electrons. The fourth-order valence-corrected chi connectivity index (χ4v) is 4.48. The van der Waals surface area contributed by atoms with Crippen molar-refractivity contribution in [3.8, 4) is 5.75 Å². The van der Waals surface area contributed by atoms with E-state index in [0.717, 1.165) is 4.90 Å². The standard InChI is InChI=1S/C25H33FN6O5.C2H6/c1-14-11-16(7-8-17(14)26)12-27-22(34)18-20(33)23(35)32-10-9-30(5)13-15(2)19(21(32)28-18)31(6)25(37)24(36)29(3)4;1-2/h7-8,11,15,19,33H,9-10,12-13H2,1-6H3,(H,27,34);1-2H3. The van der Waals surface area contributed by atoms with Crippen LogP contribution >= 0.6 is 0 Å². The smallest absolute Gasteiger partial charge is 0.312 e. The lowest BCUT2D eigenvalue weighted by atomic mass is 9.97. The number of nitrogens with zero attached hydrogens (tertiary/aromatic N) is 5. The number of aromatic nitrogens is 2. The highest BCUT2D eigenvalue weighted by Crippen LogP contribution is 2.30. The summed E-state index contributed by atoms with van der Waals surface area (Å²) >= 11 is 0. The van der Waals surface area contributed by atoms with Gasteiger partial charge in [-0.2, -0.15) is 0 Å². The first-order valence-electron chi connectivity index (χ1n) is 12.9. The van der Waals surface area contributed by atoms with Gasteiger partial charge in [0.25, 0.3) is 11.5 Å². The molecule has 39 heavy (non-hydrogen) atoms. The number of halogens is 1. The number of aromatic hydroxyl groups is 1. The molecule has 2 atom stereocenters. The van der Waals surface area contributed by atoms with Crippen LogP contribution < -0.4 is 10.9 Å². The number of fused-ring (bicyclic) bond motifs is 1. The molecule has 3 amide bonds. The molecule has 0 saturated carbocycles. The summed E-state index contributed by atoms with van der Waals surface area (Å²) in [5.41, 5.74) is -0.272. The quantitative estimate of drug-likeness (QED) is 0.557. The van der Waals surface area contributed by atoms with E-state index in [1.165, 1.54) is 42.7 Å². The Morgan fingerprint density at radius 1 is 1.15 bits per heavy atom. The average molecular weight is 547 g/mol. The van der Waals surface area contributed by atoms with Crippen molar-refractivity contribution in [3.05, 3.63) is 57.0 Å². The fourth-order valence-electron chi connectivity index (χ4n) is 4.48. The van der Waals surface area contributed by atoms with Crippen LogP contribution in [0.3, 0.4) is 0 Å². The van der Waals surface area contributed by atoms with Gasteiger partial charge in [-0.15, -0.1) is 0 Å². The van der Waals surface area contributed by atoms with Gasteiger partial charge < -0.3 is 25.1 Å². The Balaban J connectivity index is 0.00000260. The van der Waals surface area contributed by atoms with Gasteiger partial charge in [0.05, 0.1) is 6.04 Å².